The van der Waals surface area contributed by atoms with Crippen LogP contribution in [0.3, 0.4) is 0 Å². The Hall–Kier alpha value is -3.35. The van der Waals surface area contributed by atoms with E-state index in [2.05, 4.69) is 15.8 Å². The predicted molar refractivity (Wildman–Crippen MR) is 104 cm³/mol. The number of hydrogen-bond donors (Lipinski definition) is 2. The minimum Gasteiger partial charge on any atom is -0.497 e. The standard InChI is InChI=1S/C20H23N3O4/c1-14-6-4-5-7-18(14)27-13-20(25)23-22-15(2)12-19(24)21-16-8-10-17(26-3)11-9-16/h4-11H,12-13H2,1-3H3,(H,21,24)(H,23,25). The quantitative estimate of drug-likeness (QED) is 0.553. The first-order valence-electron chi connectivity index (χ1n) is 8.42. The molecule has 27 heavy (non-hydrogen) atoms. The molecule has 0 bridgehead atoms. The van der Waals surface area contributed by atoms with Crippen LogP contribution in [0.5, 0.6) is 11.5 Å². The van der Waals surface area contributed by atoms with Crippen molar-refractivity contribution in [2.45, 2.75) is 20.3 Å². The molecule has 2 amide bonds. The van der Waals surface area contributed by atoms with Gasteiger partial charge in [-0.3, -0.25) is 9.59 Å². The summed E-state index contributed by atoms with van der Waals surface area (Å²) in [6.45, 7) is 3.41. The summed E-state index contributed by atoms with van der Waals surface area (Å²) in [7, 11) is 1.58. The van der Waals surface area contributed by atoms with E-state index in [4.69, 9.17) is 9.47 Å². The summed E-state index contributed by atoms with van der Waals surface area (Å²) in [6.07, 6.45) is 0.0605. The average Bonchev–Trinajstić information content (AvgIpc) is 2.66. The van der Waals surface area contributed by atoms with Crippen LogP contribution in [0.4, 0.5) is 5.69 Å². The van der Waals surface area contributed by atoms with Crippen LogP contribution < -0.4 is 20.2 Å². The van der Waals surface area contributed by atoms with Gasteiger partial charge in [-0.2, -0.15) is 5.10 Å². The van der Waals surface area contributed by atoms with Crippen LogP contribution in [0.2, 0.25) is 0 Å². The van der Waals surface area contributed by atoms with E-state index >= 15 is 0 Å². The third-order valence-corrected chi connectivity index (χ3v) is 3.61. The van der Waals surface area contributed by atoms with Crippen molar-refractivity contribution in [2.24, 2.45) is 5.10 Å². The van der Waals surface area contributed by atoms with Gasteiger partial charge in [-0.1, -0.05) is 18.2 Å². The van der Waals surface area contributed by atoms with Gasteiger partial charge < -0.3 is 14.8 Å². The molecule has 0 saturated carbocycles. The fourth-order valence-corrected chi connectivity index (χ4v) is 2.20. The van der Waals surface area contributed by atoms with Gasteiger partial charge in [-0.05, 0) is 49.7 Å². The molecular weight excluding hydrogens is 346 g/mol. The van der Waals surface area contributed by atoms with Crippen LogP contribution in [-0.2, 0) is 9.59 Å². The van der Waals surface area contributed by atoms with E-state index in [1.165, 1.54) is 0 Å². The van der Waals surface area contributed by atoms with E-state index in [0.717, 1.165) is 5.56 Å². The average molecular weight is 369 g/mol. The molecule has 0 fully saturated rings. The number of para-hydroxylation sites is 1. The topological polar surface area (TPSA) is 89.0 Å². The predicted octanol–water partition coefficient (Wildman–Crippen LogP) is 2.90. The second-order valence-electron chi connectivity index (χ2n) is 5.89. The van der Waals surface area contributed by atoms with Crippen molar-refractivity contribution in [3.8, 4) is 11.5 Å². The Morgan fingerprint density at radius 1 is 1.04 bits per heavy atom. The van der Waals surface area contributed by atoms with Crippen LogP contribution in [0.25, 0.3) is 0 Å². The third-order valence-electron chi connectivity index (χ3n) is 3.61. The molecule has 2 N–H and O–H groups in total. The monoisotopic (exact) mass is 369 g/mol. The largest absolute Gasteiger partial charge is 0.497 e. The van der Waals surface area contributed by atoms with Gasteiger partial charge in [-0.15, -0.1) is 0 Å². The number of aryl methyl sites for hydroxylation is 1. The number of amides is 2. The fourth-order valence-electron chi connectivity index (χ4n) is 2.20. The Balaban J connectivity index is 1.76. The second kappa shape index (κ2) is 9.96. The highest BCUT2D eigenvalue weighted by Crippen LogP contribution is 2.16. The Bertz CT molecular complexity index is 816. The first-order chi connectivity index (χ1) is 13.0. The smallest absolute Gasteiger partial charge is 0.277 e. The number of rotatable bonds is 8. The number of nitrogens with zero attached hydrogens (tertiary/aromatic N) is 1. The normalized spacial score (nSPS) is 10.9. The van der Waals surface area contributed by atoms with Crippen LogP contribution in [-0.4, -0.2) is 31.2 Å². The Morgan fingerprint density at radius 3 is 2.41 bits per heavy atom. The lowest BCUT2D eigenvalue weighted by atomic mass is 10.2. The van der Waals surface area contributed by atoms with E-state index in [9.17, 15) is 9.59 Å². The summed E-state index contributed by atoms with van der Waals surface area (Å²) in [5.74, 6) is 0.730. The number of hydrazone groups is 1. The summed E-state index contributed by atoms with van der Waals surface area (Å²) in [5, 5.41) is 6.68. The molecule has 0 radical (unpaired) electrons. The molecular formula is C20H23N3O4. The molecule has 2 aromatic rings. The number of ether oxygens (including phenoxy) is 2. The van der Waals surface area contributed by atoms with Crippen molar-refractivity contribution in [3.05, 3.63) is 54.1 Å². The lowest BCUT2D eigenvalue weighted by molar-refractivity contribution is -0.123. The van der Waals surface area contributed by atoms with E-state index in [1.807, 2.05) is 25.1 Å². The van der Waals surface area contributed by atoms with Gasteiger partial charge in [0.2, 0.25) is 5.91 Å². The summed E-state index contributed by atoms with van der Waals surface area (Å²) in [6, 6.07) is 14.4. The molecule has 0 saturated heterocycles. The number of benzene rings is 2. The van der Waals surface area contributed by atoms with E-state index in [0.29, 0.717) is 22.9 Å². The highest BCUT2D eigenvalue weighted by Gasteiger charge is 2.07. The summed E-state index contributed by atoms with van der Waals surface area (Å²) < 4.78 is 10.5. The first kappa shape index (κ1) is 20.0. The van der Waals surface area contributed by atoms with Crippen LogP contribution in [0.1, 0.15) is 18.9 Å². The van der Waals surface area contributed by atoms with Crippen LogP contribution in [0.15, 0.2) is 53.6 Å². The molecule has 7 nitrogen and oxygen atoms in total. The maximum atomic E-state index is 12.0. The van der Waals surface area contributed by atoms with Crippen LogP contribution in [0, 0.1) is 6.92 Å². The van der Waals surface area contributed by atoms with Gasteiger partial charge in [0.15, 0.2) is 6.61 Å². The Morgan fingerprint density at radius 2 is 1.74 bits per heavy atom. The molecule has 0 aliphatic carbocycles. The van der Waals surface area contributed by atoms with Crippen LogP contribution >= 0.6 is 0 Å². The molecule has 7 heteroatoms. The van der Waals surface area contributed by atoms with E-state index in [-0.39, 0.29) is 18.9 Å². The number of nitrogens with one attached hydrogen (secondary N) is 2. The number of carbonyl (C=O) groups is 2. The molecule has 142 valence electrons. The van der Waals surface area contributed by atoms with Gasteiger partial charge in [0.1, 0.15) is 11.5 Å². The summed E-state index contributed by atoms with van der Waals surface area (Å²) in [5.41, 5.74) is 4.46. The lowest BCUT2D eigenvalue weighted by Crippen LogP contribution is -2.26. The van der Waals surface area contributed by atoms with Crippen molar-refractivity contribution in [1.29, 1.82) is 0 Å². The SMILES string of the molecule is COc1ccc(NC(=O)CC(C)=NNC(=O)COc2ccccc2C)cc1. The van der Waals surface area contributed by atoms with Gasteiger partial charge in [-0.25, -0.2) is 5.43 Å². The molecule has 2 aromatic carbocycles. The molecule has 0 atom stereocenters. The molecule has 0 heterocycles. The Kier molecular flexibility index (Phi) is 7.37. The van der Waals surface area contributed by atoms with Gasteiger partial charge in [0.05, 0.1) is 13.5 Å². The highest BCUT2D eigenvalue weighted by molar-refractivity contribution is 6.05. The molecule has 0 aromatic heterocycles. The second-order valence-corrected chi connectivity index (χ2v) is 5.89. The fraction of sp³-hybridized carbons (Fsp3) is 0.250. The molecule has 0 unspecified atom stereocenters. The first-order valence-corrected chi connectivity index (χ1v) is 8.42. The van der Waals surface area contributed by atoms with Crippen molar-refractivity contribution in [1.82, 2.24) is 5.43 Å². The molecule has 0 spiro atoms. The lowest BCUT2D eigenvalue weighted by Gasteiger charge is -2.08. The van der Waals surface area contributed by atoms with Gasteiger partial charge >= 0.3 is 0 Å². The van der Waals surface area contributed by atoms with E-state index in [1.54, 1.807) is 44.4 Å². The zero-order chi connectivity index (χ0) is 19.6. The minimum absolute atomic E-state index is 0.0605. The van der Waals surface area contributed by atoms with Crippen molar-refractivity contribution in [3.63, 3.8) is 0 Å². The number of hydrogen-bond acceptors (Lipinski definition) is 5. The number of anilines is 1. The molecule has 0 aliphatic rings. The number of methoxy groups -OCH3 is 1. The highest BCUT2D eigenvalue weighted by atomic mass is 16.5. The zero-order valence-corrected chi connectivity index (χ0v) is 15.6. The molecule has 2 rings (SSSR count). The minimum atomic E-state index is -0.395. The van der Waals surface area contributed by atoms with Crippen molar-refractivity contribution < 1.29 is 19.1 Å². The summed E-state index contributed by atoms with van der Waals surface area (Å²) >= 11 is 0. The maximum Gasteiger partial charge on any atom is 0.277 e. The van der Waals surface area contributed by atoms with Crippen molar-refractivity contribution in [2.75, 3.05) is 19.0 Å². The third kappa shape index (κ3) is 6.81. The molecule has 0 aliphatic heterocycles. The van der Waals surface area contributed by atoms with E-state index < -0.39 is 5.91 Å². The Labute approximate surface area is 158 Å². The zero-order valence-electron chi connectivity index (χ0n) is 15.6. The maximum absolute atomic E-state index is 12.0. The van der Waals surface area contributed by atoms with Crippen molar-refractivity contribution >= 4 is 23.2 Å². The van der Waals surface area contributed by atoms with Gasteiger partial charge in [0, 0.05) is 11.4 Å². The summed E-state index contributed by atoms with van der Waals surface area (Å²) in [4.78, 5) is 23.8. The number of carbonyl (C=O) groups excluding carboxylic acids is 2. The van der Waals surface area contributed by atoms with Gasteiger partial charge in [0.25, 0.3) is 5.91 Å².